The van der Waals surface area contributed by atoms with E-state index in [1.165, 1.54) is 6.42 Å². The number of nitrogens with zero attached hydrogens (tertiary/aromatic N) is 1. The molecule has 7 fully saturated rings. The van der Waals surface area contributed by atoms with E-state index in [1.54, 1.807) is 0 Å². The van der Waals surface area contributed by atoms with E-state index in [1.807, 2.05) is 0 Å². The molecular weight excluding hydrogens is 538 g/mol. The van der Waals surface area contributed by atoms with Gasteiger partial charge in [0.25, 0.3) is 0 Å². The largest absolute Gasteiger partial charge is 0.394 e. The highest BCUT2D eigenvalue weighted by molar-refractivity contribution is 5.83. The zero-order chi connectivity index (χ0) is 29.7. The van der Waals surface area contributed by atoms with Crippen LogP contribution in [0.5, 0.6) is 0 Å². The highest BCUT2D eigenvalue weighted by Crippen LogP contribution is 2.66. The van der Waals surface area contributed by atoms with Crippen LogP contribution in [-0.4, -0.2) is 104 Å². The number of hydrogen-bond acceptors (Lipinski definition) is 9. The molecule has 0 aromatic heterocycles. The maximum Gasteiger partial charge on any atom is 0.186 e. The van der Waals surface area contributed by atoms with E-state index in [9.17, 15) is 30.3 Å². The predicted molar refractivity (Wildman–Crippen MR) is 153 cm³/mol. The lowest BCUT2D eigenvalue weighted by molar-refractivity contribution is -0.315. The molecule has 0 aromatic carbocycles. The Kier molecular flexibility index (Phi) is 7.66. The number of carbonyl (C=O) groups excluding carboxylic acids is 1. The van der Waals surface area contributed by atoms with Crippen LogP contribution in [-0.2, 0) is 14.3 Å². The Balaban J connectivity index is 1.07. The maximum absolute atomic E-state index is 13.9. The number of ether oxygens (including phenoxy) is 2. The molecule has 0 aromatic rings. The summed E-state index contributed by atoms with van der Waals surface area (Å²) in [5.41, 5.74) is -0.745. The first kappa shape index (κ1) is 30.0. The Bertz CT molecular complexity index is 1040. The van der Waals surface area contributed by atoms with Gasteiger partial charge in [0.15, 0.2) is 6.29 Å². The lowest BCUT2D eigenvalue weighted by Crippen LogP contribution is -2.67. The molecule has 7 aliphatic rings. The number of rotatable bonds is 3. The molecule has 0 unspecified atom stereocenters. The van der Waals surface area contributed by atoms with Crippen molar-refractivity contribution in [2.24, 2.45) is 52.8 Å². The molecule has 42 heavy (non-hydrogen) atoms. The third kappa shape index (κ3) is 4.50. The van der Waals surface area contributed by atoms with Crippen LogP contribution in [0.4, 0.5) is 0 Å². The van der Waals surface area contributed by atoms with E-state index >= 15 is 0 Å². The second-order valence-electron chi connectivity index (χ2n) is 16.0. The monoisotopic (exact) mass is 591 g/mol. The van der Waals surface area contributed by atoms with Gasteiger partial charge in [-0.15, -0.1) is 0 Å². The first-order valence-corrected chi connectivity index (χ1v) is 16.9. The molecule has 0 radical (unpaired) electrons. The van der Waals surface area contributed by atoms with Crippen LogP contribution in [0.25, 0.3) is 0 Å². The standard InChI is InChI=1S/C33H53NO8/c1-16-4-7-27-33(3,40)22-6-5-18-19(21(22)14-34(27)13-16)11-23-20(18)12-25(36)24-10-17(8-9-32(23,24)2)41-31-30(39)29(38)28(37)26(15-35)42-31/h16-24,26-31,35,37-40H,4-15H2,1-3H3/t16-,17+,18-,19-,20+,21+,22+,23+,24-,26-,27+,28-,29+,30-,31-,32+,33+/m1/s1. The summed E-state index contributed by atoms with van der Waals surface area (Å²) < 4.78 is 11.8. The van der Waals surface area contributed by atoms with Crippen LogP contribution in [0.2, 0.25) is 0 Å². The minimum Gasteiger partial charge on any atom is -0.394 e. The number of Topliss-reactive ketones (excluding diaryl/α,β-unsaturated/α-hetero) is 1. The van der Waals surface area contributed by atoms with Gasteiger partial charge in [-0.1, -0.05) is 13.8 Å². The Morgan fingerprint density at radius 3 is 2.45 bits per heavy atom. The molecule has 4 aliphatic carbocycles. The van der Waals surface area contributed by atoms with Crippen molar-refractivity contribution in [3.8, 4) is 0 Å². The molecule has 3 aliphatic heterocycles. The van der Waals surface area contributed by atoms with Crippen molar-refractivity contribution >= 4 is 5.78 Å². The fourth-order valence-corrected chi connectivity index (χ4v) is 11.8. The summed E-state index contributed by atoms with van der Waals surface area (Å²) in [5, 5.41) is 52.4. The first-order valence-electron chi connectivity index (χ1n) is 16.9. The van der Waals surface area contributed by atoms with Gasteiger partial charge in [0.2, 0.25) is 0 Å². The number of piperidine rings is 2. The number of ketones is 1. The molecular formula is C33H53NO8. The fourth-order valence-electron chi connectivity index (χ4n) is 11.8. The smallest absolute Gasteiger partial charge is 0.186 e. The minimum atomic E-state index is -1.47. The summed E-state index contributed by atoms with van der Waals surface area (Å²) in [6.07, 6.45) is 1.67. The molecule has 4 saturated carbocycles. The van der Waals surface area contributed by atoms with E-state index in [4.69, 9.17) is 9.47 Å². The molecule has 5 N–H and O–H groups in total. The Morgan fingerprint density at radius 1 is 0.905 bits per heavy atom. The topological polar surface area (TPSA) is 140 Å². The highest BCUT2D eigenvalue weighted by Gasteiger charge is 2.64. The van der Waals surface area contributed by atoms with Gasteiger partial charge < -0.3 is 35.0 Å². The van der Waals surface area contributed by atoms with Gasteiger partial charge in [0.1, 0.15) is 30.2 Å². The van der Waals surface area contributed by atoms with Gasteiger partial charge in [-0.25, -0.2) is 0 Å². The molecule has 238 valence electrons. The van der Waals surface area contributed by atoms with Gasteiger partial charge >= 0.3 is 0 Å². The molecule has 0 amide bonds. The van der Waals surface area contributed by atoms with E-state index in [2.05, 4.69) is 25.7 Å². The SMILES string of the molecule is C[C@@H]1CC[C@@H]2N(C1)C[C@H]1[C@@H]3C[C@H]4[C@@H](CC(=O)[C@H]5C[C@@H](O[C@@H]6O[C@H](CO)[C@@H](O)[C@H](O)[C@H]6O)CC[C@]54C)[C@@H]3CC[C@@H]1[C@]2(C)O. The Morgan fingerprint density at radius 2 is 1.69 bits per heavy atom. The van der Waals surface area contributed by atoms with Crippen LogP contribution in [0.15, 0.2) is 0 Å². The van der Waals surface area contributed by atoms with Crippen molar-refractivity contribution in [3.05, 3.63) is 0 Å². The van der Waals surface area contributed by atoms with E-state index in [-0.39, 0.29) is 23.5 Å². The molecule has 9 heteroatoms. The number of hydrogen-bond donors (Lipinski definition) is 5. The summed E-state index contributed by atoms with van der Waals surface area (Å²) in [7, 11) is 0. The van der Waals surface area contributed by atoms with Crippen molar-refractivity contribution in [2.75, 3.05) is 19.7 Å². The quantitative estimate of drug-likeness (QED) is 0.310. The van der Waals surface area contributed by atoms with Crippen molar-refractivity contribution in [3.63, 3.8) is 0 Å². The lowest BCUT2D eigenvalue weighted by atomic mass is 9.51. The lowest BCUT2D eigenvalue weighted by Gasteiger charge is -2.59. The van der Waals surface area contributed by atoms with Gasteiger partial charge in [-0.05, 0) is 105 Å². The molecule has 9 nitrogen and oxygen atoms in total. The highest BCUT2D eigenvalue weighted by atomic mass is 16.7. The van der Waals surface area contributed by atoms with Crippen molar-refractivity contribution < 1.29 is 39.8 Å². The molecule has 17 atom stereocenters. The number of aliphatic hydroxyl groups excluding tert-OH is 4. The third-order valence-electron chi connectivity index (χ3n) is 14.0. The summed E-state index contributed by atoms with van der Waals surface area (Å²) in [4.78, 5) is 16.5. The first-order chi connectivity index (χ1) is 19.9. The van der Waals surface area contributed by atoms with Crippen molar-refractivity contribution in [1.82, 2.24) is 4.90 Å². The maximum atomic E-state index is 13.9. The van der Waals surface area contributed by atoms with Crippen LogP contribution in [0.1, 0.15) is 78.6 Å². The molecule has 0 spiro atoms. The summed E-state index contributed by atoms with van der Waals surface area (Å²) in [6, 6.07) is 0.276. The second-order valence-corrected chi connectivity index (χ2v) is 16.0. The van der Waals surface area contributed by atoms with Crippen molar-refractivity contribution in [2.45, 2.75) is 127 Å². The average Bonchev–Trinajstić information content (AvgIpc) is 3.33. The van der Waals surface area contributed by atoms with Crippen LogP contribution < -0.4 is 0 Å². The average molecular weight is 592 g/mol. The zero-order valence-electron chi connectivity index (χ0n) is 25.6. The summed E-state index contributed by atoms with van der Waals surface area (Å²) >= 11 is 0. The molecule has 7 rings (SSSR count). The number of fused-ring (bicyclic) bond motifs is 8. The van der Waals surface area contributed by atoms with Gasteiger partial charge in [0, 0.05) is 31.5 Å². The molecule has 3 heterocycles. The molecule has 3 saturated heterocycles. The normalized spacial score (nSPS) is 57.9. The summed E-state index contributed by atoms with van der Waals surface area (Å²) in [5.74, 6) is 3.79. The molecule has 0 bridgehead atoms. The van der Waals surface area contributed by atoms with E-state index in [0.717, 1.165) is 51.6 Å². The zero-order valence-corrected chi connectivity index (χ0v) is 25.6. The van der Waals surface area contributed by atoms with Crippen molar-refractivity contribution in [1.29, 1.82) is 0 Å². The van der Waals surface area contributed by atoms with Gasteiger partial charge in [0.05, 0.1) is 18.3 Å². The van der Waals surface area contributed by atoms with Gasteiger partial charge in [-0.3, -0.25) is 9.69 Å². The number of carbonyl (C=O) groups is 1. The van der Waals surface area contributed by atoms with Crippen LogP contribution in [0, 0.1) is 52.8 Å². The van der Waals surface area contributed by atoms with Crippen LogP contribution >= 0.6 is 0 Å². The Hall–Kier alpha value is -0.650. The van der Waals surface area contributed by atoms with Crippen LogP contribution in [0.3, 0.4) is 0 Å². The third-order valence-corrected chi connectivity index (χ3v) is 14.0. The predicted octanol–water partition coefficient (Wildman–Crippen LogP) is 1.71. The summed E-state index contributed by atoms with van der Waals surface area (Å²) in [6.45, 7) is 8.49. The number of aliphatic hydroxyl groups is 5. The van der Waals surface area contributed by atoms with E-state index < -0.39 is 42.9 Å². The van der Waals surface area contributed by atoms with E-state index in [0.29, 0.717) is 60.1 Å². The van der Waals surface area contributed by atoms with Gasteiger partial charge in [-0.2, -0.15) is 0 Å². The Labute approximate surface area is 249 Å². The minimum absolute atomic E-state index is 0.0958. The second kappa shape index (κ2) is 10.7. The fraction of sp³-hybridized carbons (Fsp3) is 0.970.